The van der Waals surface area contributed by atoms with Crippen LogP contribution in [0.1, 0.15) is 99.8 Å². The molecule has 3 rings (SSSR count). The van der Waals surface area contributed by atoms with Gasteiger partial charge in [-0.15, -0.1) is 0 Å². The molecular weight excluding hydrogens is 804 g/mol. The molecule has 0 aliphatic heterocycles. The van der Waals surface area contributed by atoms with Gasteiger partial charge in [0.15, 0.2) is 6.10 Å². The summed E-state index contributed by atoms with van der Waals surface area (Å²) in [6.07, 6.45) is -1.06. The summed E-state index contributed by atoms with van der Waals surface area (Å²) in [4.78, 5) is 34.9. The molecule has 340 valence electrons. The molecule has 0 radical (unpaired) electrons. The van der Waals surface area contributed by atoms with Crippen LogP contribution >= 0.6 is 0 Å². The smallest absolute Gasteiger partial charge is 0.870 e. The number of methoxy groups -OCH3 is 2. The second-order valence-corrected chi connectivity index (χ2v) is 27.6. The molecule has 5 N–H and O–H groups in total. The van der Waals surface area contributed by atoms with E-state index in [1.54, 1.807) is 0 Å². The maximum Gasteiger partial charge on any atom is 1.00 e. The Balaban J connectivity index is -0.000000835. The van der Waals surface area contributed by atoms with Crippen molar-refractivity contribution in [2.45, 2.75) is 154 Å². The number of ether oxygens (including phenoxy) is 2. The largest absolute Gasteiger partial charge is 1.00 e. The van der Waals surface area contributed by atoms with E-state index in [2.05, 4.69) is 87.8 Å². The van der Waals surface area contributed by atoms with Gasteiger partial charge in [0, 0.05) is 19.3 Å². The summed E-state index contributed by atoms with van der Waals surface area (Å²) in [5, 5.41) is 18.9. The first-order valence-corrected chi connectivity index (χ1v) is 25.0. The summed E-state index contributed by atoms with van der Waals surface area (Å²) in [6, 6.07) is 29.1. The predicted octanol–water partition coefficient (Wildman–Crippen LogP) is 6.60. The molecule has 14 heteroatoms. The molecule has 3 aromatic carbocycles. The van der Waals surface area contributed by atoms with Crippen molar-refractivity contribution in [2.75, 3.05) is 14.2 Å². The van der Waals surface area contributed by atoms with Gasteiger partial charge in [0.25, 0.3) is 0 Å². The van der Waals surface area contributed by atoms with Crippen molar-refractivity contribution >= 4 is 34.5 Å². The minimum Gasteiger partial charge on any atom is -0.870 e. The second-order valence-electron chi connectivity index (χ2n) is 16.8. The number of carbonyl (C=O) groups excluding carboxylic acids is 2. The molecule has 11 nitrogen and oxygen atoms in total. The summed E-state index contributed by atoms with van der Waals surface area (Å²) < 4.78 is 22.5. The fourth-order valence-corrected chi connectivity index (χ4v) is 19.5. The van der Waals surface area contributed by atoms with Gasteiger partial charge in [-0.3, -0.25) is 0 Å². The molecule has 0 spiro atoms. The summed E-state index contributed by atoms with van der Waals surface area (Å²) in [6.45, 7) is 26.4. The van der Waals surface area contributed by atoms with E-state index < -0.39 is 46.9 Å². The van der Waals surface area contributed by atoms with E-state index in [9.17, 15) is 24.6 Å². The molecule has 0 unspecified atom stereocenters. The number of esters is 2. The van der Waals surface area contributed by atoms with Crippen LogP contribution in [0.25, 0.3) is 0 Å². The number of hydrogen-bond acceptors (Lipinski definition) is 9. The maximum atomic E-state index is 12.3. The standard InChI is InChI=1S/C19H32O3Si.C18H30O3Si.C10H12O3.Li.2H2O/c1-14(2)23(15(3)4,16(5)6)22-18(19(20)21-7)13-17-11-9-8-10-12-17;1-13(2)22(14(3)4,15(5)6)21-17(18(19)20)12-16-10-8-7-9-11-16;1-13-10(12)9(11)7-8-5-3-2-4-6-8;;;/h8-12,14-16,18H,13H2,1-7H3;7-11,13-15,17H,12H2,1-6H3,(H,19,20);2-6,9,11H,7H2,1H3;;2*1H2/q;;;+1;;/p-1/t18-;17-;9-;;;/m111.../s1. The first-order valence-electron chi connectivity index (χ1n) is 20.7. The van der Waals surface area contributed by atoms with Crippen molar-refractivity contribution in [3.8, 4) is 0 Å². The molecule has 0 aliphatic carbocycles. The predicted molar refractivity (Wildman–Crippen MR) is 246 cm³/mol. The average molecular weight is 881 g/mol. The van der Waals surface area contributed by atoms with Crippen molar-refractivity contribution in [3.05, 3.63) is 108 Å². The van der Waals surface area contributed by atoms with Crippen molar-refractivity contribution < 1.29 is 72.7 Å². The molecule has 0 aromatic heterocycles. The summed E-state index contributed by atoms with van der Waals surface area (Å²) >= 11 is 0. The number of carboxylic acid groups (broad SMARTS) is 1. The number of aliphatic carboxylic acids is 1. The third-order valence-corrected chi connectivity index (χ3v) is 23.3. The van der Waals surface area contributed by atoms with Gasteiger partial charge in [-0.2, -0.15) is 0 Å². The van der Waals surface area contributed by atoms with Crippen molar-refractivity contribution in [3.63, 3.8) is 0 Å². The zero-order chi connectivity index (χ0) is 44.2. The fourth-order valence-electron chi connectivity index (χ4n) is 8.51. The monoisotopic (exact) mass is 881 g/mol. The van der Waals surface area contributed by atoms with Crippen molar-refractivity contribution in [1.29, 1.82) is 0 Å². The van der Waals surface area contributed by atoms with Gasteiger partial charge in [-0.25, -0.2) is 14.4 Å². The van der Waals surface area contributed by atoms with Gasteiger partial charge in [0.2, 0.25) is 16.6 Å². The third kappa shape index (κ3) is 19.0. The van der Waals surface area contributed by atoms with Crippen molar-refractivity contribution in [1.82, 2.24) is 0 Å². The first-order chi connectivity index (χ1) is 27.2. The molecule has 0 fully saturated rings. The molecule has 0 bridgehead atoms. The molecule has 0 saturated heterocycles. The van der Waals surface area contributed by atoms with E-state index in [0.717, 1.165) is 16.7 Å². The van der Waals surface area contributed by atoms with Crippen LogP contribution < -0.4 is 18.9 Å². The molecule has 61 heavy (non-hydrogen) atoms. The molecule has 0 amide bonds. The zero-order valence-electron chi connectivity index (χ0n) is 39.7. The van der Waals surface area contributed by atoms with Gasteiger partial charge in [0.1, 0.15) is 12.2 Å². The van der Waals surface area contributed by atoms with E-state index in [1.165, 1.54) is 14.2 Å². The van der Waals surface area contributed by atoms with E-state index in [-0.39, 0.29) is 35.8 Å². The normalized spacial score (nSPS) is 12.7. The SMILES string of the molecule is CC(C)[Si](O[C@H](Cc1ccccc1)C(=O)O)(C(C)C)C(C)C.COC(=O)[C@@H](Cc1ccccc1)O[Si](C(C)C)(C(C)C)C(C)C.COC(=O)[C@H](O)Cc1ccccc1.O.[Li+].[OH-]. The molecule has 0 aliphatic rings. The summed E-state index contributed by atoms with van der Waals surface area (Å²) in [7, 11) is -1.61. The minimum atomic E-state index is -2.19. The Morgan fingerprint density at radius 1 is 0.492 bits per heavy atom. The Bertz CT molecular complexity index is 1570. The Kier molecular flexibility index (Phi) is 31.5. The molecule has 3 atom stereocenters. The topological polar surface area (TPSA) is 190 Å². The number of benzene rings is 3. The van der Waals surface area contributed by atoms with Gasteiger partial charge < -0.3 is 39.5 Å². The number of carbonyl (C=O) groups is 3. The number of rotatable bonds is 19. The van der Waals surface area contributed by atoms with Crippen LogP contribution in [0.2, 0.25) is 33.2 Å². The average Bonchev–Trinajstić information content (AvgIpc) is 3.18. The van der Waals surface area contributed by atoms with E-state index in [1.807, 2.05) is 91.0 Å². The van der Waals surface area contributed by atoms with Gasteiger partial charge >= 0.3 is 36.8 Å². The van der Waals surface area contributed by atoms with Gasteiger partial charge in [-0.05, 0) is 49.9 Å². The summed E-state index contributed by atoms with van der Waals surface area (Å²) in [5.41, 5.74) is 5.47. The number of aliphatic hydroxyl groups excluding tert-OH is 1. The Hall–Kier alpha value is -3.10. The molecule has 0 saturated carbocycles. The van der Waals surface area contributed by atoms with Crippen LogP contribution in [-0.2, 0) is 52.0 Å². The minimum absolute atomic E-state index is 0. The van der Waals surface area contributed by atoms with E-state index >= 15 is 0 Å². The van der Waals surface area contributed by atoms with Crippen LogP contribution in [0.3, 0.4) is 0 Å². The Labute approximate surface area is 381 Å². The second kappa shape index (κ2) is 30.9. The van der Waals surface area contributed by atoms with Crippen LogP contribution in [0.5, 0.6) is 0 Å². The van der Waals surface area contributed by atoms with E-state index in [4.69, 9.17) is 13.6 Å². The first kappa shape index (κ1) is 62.2. The zero-order valence-corrected chi connectivity index (χ0v) is 41.7. The Morgan fingerprint density at radius 2 is 0.754 bits per heavy atom. The number of carboxylic acids is 1. The number of aliphatic hydroxyl groups is 1. The third-order valence-electron chi connectivity index (χ3n) is 11.1. The number of hydrogen-bond donors (Lipinski definition) is 2. The molecule has 3 aromatic rings. The maximum absolute atomic E-state index is 12.3. The van der Waals surface area contributed by atoms with E-state index in [0.29, 0.717) is 52.5 Å². The van der Waals surface area contributed by atoms with Crippen LogP contribution in [0, 0.1) is 0 Å². The van der Waals surface area contributed by atoms with Crippen LogP contribution in [0.15, 0.2) is 91.0 Å². The fraction of sp³-hybridized carbons (Fsp3) is 0.553. The van der Waals surface area contributed by atoms with Crippen molar-refractivity contribution in [2.24, 2.45) is 0 Å². The van der Waals surface area contributed by atoms with Crippen LogP contribution in [-0.4, -0.2) is 88.2 Å². The Morgan fingerprint density at radius 3 is 1.02 bits per heavy atom. The van der Waals surface area contributed by atoms with Crippen LogP contribution in [0.4, 0.5) is 0 Å². The van der Waals surface area contributed by atoms with Gasteiger partial charge in [0.05, 0.1) is 14.2 Å². The van der Waals surface area contributed by atoms with Gasteiger partial charge in [-0.1, -0.05) is 174 Å². The summed E-state index contributed by atoms with van der Waals surface area (Å²) in [5.74, 6) is -1.72. The molecular formula is C47H77LiO11Si2. The quantitative estimate of drug-likeness (QED) is 0.0980. The molecule has 0 heterocycles.